The second kappa shape index (κ2) is 6.57. The van der Waals surface area contributed by atoms with Crippen LogP contribution in [0.15, 0.2) is 18.2 Å². The normalized spacial score (nSPS) is 24.5. The highest BCUT2D eigenvalue weighted by atomic mass is 16.5. The van der Waals surface area contributed by atoms with E-state index in [1.807, 2.05) is 11.0 Å². The van der Waals surface area contributed by atoms with Gasteiger partial charge in [-0.05, 0) is 25.0 Å². The second-order valence-corrected chi connectivity index (χ2v) is 5.80. The van der Waals surface area contributed by atoms with E-state index in [1.54, 1.807) is 26.4 Å². The van der Waals surface area contributed by atoms with Crippen molar-refractivity contribution in [3.05, 3.63) is 23.8 Å². The molecule has 0 N–H and O–H groups in total. The summed E-state index contributed by atoms with van der Waals surface area (Å²) in [5.74, 6) is 1.10. The smallest absolute Gasteiger partial charge is 0.261 e. The van der Waals surface area contributed by atoms with Crippen molar-refractivity contribution in [1.29, 1.82) is 0 Å². The molecule has 0 radical (unpaired) electrons. The Morgan fingerprint density at radius 2 is 1.86 bits per heavy atom. The number of benzene rings is 1. The molecule has 22 heavy (non-hydrogen) atoms. The molecule has 120 valence electrons. The summed E-state index contributed by atoms with van der Waals surface area (Å²) < 4.78 is 16.6. The van der Waals surface area contributed by atoms with Crippen LogP contribution >= 0.6 is 0 Å². The number of carbonyl (C=O) groups excluding carboxylic acids is 1. The van der Waals surface area contributed by atoms with Gasteiger partial charge in [0, 0.05) is 6.54 Å². The van der Waals surface area contributed by atoms with Crippen LogP contribution in [0, 0.1) is 0 Å². The fourth-order valence-corrected chi connectivity index (χ4v) is 3.55. The molecule has 2 aliphatic rings. The molecule has 0 aromatic heterocycles. The summed E-state index contributed by atoms with van der Waals surface area (Å²) >= 11 is 0. The predicted molar refractivity (Wildman–Crippen MR) is 82.6 cm³/mol. The molecule has 5 heteroatoms. The molecule has 0 unspecified atom stereocenters. The Morgan fingerprint density at radius 3 is 2.55 bits per heavy atom. The quantitative estimate of drug-likeness (QED) is 0.861. The van der Waals surface area contributed by atoms with Gasteiger partial charge in [-0.15, -0.1) is 0 Å². The monoisotopic (exact) mass is 305 g/mol. The van der Waals surface area contributed by atoms with Gasteiger partial charge in [-0.25, -0.2) is 0 Å². The Labute approximate surface area is 131 Å². The van der Waals surface area contributed by atoms with E-state index in [0.717, 1.165) is 19.3 Å². The number of rotatable bonds is 3. The van der Waals surface area contributed by atoms with E-state index in [9.17, 15) is 4.79 Å². The zero-order valence-corrected chi connectivity index (χ0v) is 13.2. The largest absolute Gasteiger partial charge is 0.496 e. The van der Waals surface area contributed by atoms with Gasteiger partial charge in [0.25, 0.3) is 5.91 Å². The minimum Gasteiger partial charge on any atom is -0.496 e. The third-order valence-electron chi connectivity index (χ3n) is 4.63. The molecule has 1 aliphatic heterocycles. The first-order chi connectivity index (χ1) is 10.8. The van der Waals surface area contributed by atoms with Crippen LogP contribution in [0.5, 0.6) is 11.5 Å². The van der Waals surface area contributed by atoms with E-state index in [4.69, 9.17) is 14.2 Å². The van der Waals surface area contributed by atoms with E-state index in [1.165, 1.54) is 6.42 Å². The molecule has 1 aromatic rings. The van der Waals surface area contributed by atoms with Gasteiger partial charge >= 0.3 is 0 Å². The van der Waals surface area contributed by atoms with Crippen LogP contribution in [0.4, 0.5) is 0 Å². The van der Waals surface area contributed by atoms with Crippen molar-refractivity contribution in [1.82, 2.24) is 4.90 Å². The number of methoxy groups -OCH3 is 2. The summed E-state index contributed by atoms with van der Waals surface area (Å²) in [6.07, 6.45) is 4.55. The van der Waals surface area contributed by atoms with Crippen LogP contribution in [-0.4, -0.2) is 50.3 Å². The van der Waals surface area contributed by atoms with Crippen LogP contribution in [0.3, 0.4) is 0 Å². The Hall–Kier alpha value is -1.75. The van der Waals surface area contributed by atoms with Crippen LogP contribution in [0.1, 0.15) is 36.0 Å². The van der Waals surface area contributed by atoms with Crippen molar-refractivity contribution < 1.29 is 19.0 Å². The first-order valence-electron chi connectivity index (χ1n) is 7.90. The fourth-order valence-electron chi connectivity index (χ4n) is 3.55. The number of hydrogen-bond acceptors (Lipinski definition) is 4. The number of carbonyl (C=O) groups is 1. The van der Waals surface area contributed by atoms with E-state index >= 15 is 0 Å². The number of morpholine rings is 1. The van der Waals surface area contributed by atoms with E-state index in [0.29, 0.717) is 30.2 Å². The fraction of sp³-hybridized carbons (Fsp3) is 0.588. The lowest BCUT2D eigenvalue weighted by molar-refractivity contribution is -0.0753. The molecular formula is C17H23NO4. The van der Waals surface area contributed by atoms with Gasteiger partial charge in [0.05, 0.1) is 33.0 Å². The lowest BCUT2D eigenvalue weighted by Crippen LogP contribution is -2.54. The van der Waals surface area contributed by atoms with Crippen LogP contribution in [-0.2, 0) is 4.74 Å². The Bertz CT molecular complexity index is 521. The van der Waals surface area contributed by atoms with Gasteiger partial charge in [-0.2, -0.15) is 0 Å². The molecular weight excluding hydrogens is 282 g/mol. The highest BCUT2D eigenvalue weighted by Gasteiger charge is 2.38. The summed E-state index contributed by atoms with van der Waals surface area (Å²) in [5, 5.41) is 0. The minimum atomic E-state index is -0.0190. The van der Waals surface area contributed by atoms with Gasteiger partial charge in [0.1, 0.15) is 17.1 Å². The number of hydrogen-bond donors (Lipinski definition) is 0. The Kier molecular flexibility index (Phi) is 4.52. The molecule has 1 aromatic carbocycles. The average Bonchev–Trinajstić information content (AvgIpc) is 2.59. The summed E-state index contributed by atoms with van der Waals surface area (Å²) in [4.78, 5) is 15.1. The van der Waals surface area contributed by atoms with Gasteiger partial charge in [0.15, 0.2) is 0 Å². The van der Waals surface area contributed by atoms with Gasteiger partial charge < -0.3 is 19.1 Å². The number of fused-ring (bicyclic) bond motifs is 1. The van der Waals surface area contributed by atoms with Crippen LogP contribution in [0.2, 0.25) is 0 Å². The standard InChI is InChI=1S/C17H23NO4/c1-20-14-8-5-9-15(21-2)16(14)17(19)18-10-11-22-13-7-4-3-6-12(13)18/h5,8-9,12-13H,3-4,6-7,10-11H2,1-2H3/t12-,13+/m0/s1. The lowest BCUT2D eigenvalue weighted by Gasteiger charge is -2.44. The maximum atomic E-state index is 13.1. The third kappa shape index (κ3) is 2.65. The van der Waals surface area contributed by atoms with Crippen molar-refractivity contribution in [3.8, 4) is 11.5 Å². The summed E-state index contributed by atoms with van der Waals surface area (Å²) in [6.45, 7) is 1.23. The third-order valence-corrected chi connectivity index (χ3v) is 4.63. The zero-order valence-electron chi connectivity index (χ0n) is 13.2. The molecule has 5 nitrogen and oxygen atoms in total. The number of ether oxygens (including phenoxy) is 3. The molecule has 3 rings (SSSR count). The summed E-state index contributed by atoms with van der Waals surface area (Å²) in [6, 6.07) is 5.60. The first-order valence-corrected chi connectivity index (χ1v) is 7.90. The zero-order chi connectivity index (χ0) is 15.5. The summed E-state index contributed by atoms with van der Waals surface area (Å²) in [5.41, 5.74) is 0.513. The lowest BCUT2D eigenvalue weighted by atomic mass is 9.89. The number of nitrogens with zero attached hydrogens (tertiary/aromatic N) is 1. The first kappa shape index (κ1) is 15.2. The second-order valence-electron chi connectivity index (χ2n) is 5.80. The highest BCUT2D eigenvalue weighted by molar-refractivity contribution is 6.00. The molecule has 2 atom stereocenters. The molecule has 0 bridgehead atoms. The van der Waals surface area contributed by atoms with Crippen LogP contribution < -0.4 is 9.47 Å². The van der Waals surface area contributed by atoms with Crippen molar-refractivity contribution in [2.75, 3.05) is 27.4 Å². The van der Waals surface area contributed by atoms with Gasteiger partial charge in [-0.1, -0.05) is 18.9 Å². The summed E-state index contributed by atoms with van der Waals surface area (Å²) in [7, 11) is 3.16. The van der Waals surface area contributed by atoms with Crippen molar-refractivity contribution in [3.63, 3.8) is 0 Å². The van der Waals surface area contributed by atoms with Gasteiger partial charge in [-0.3, -0.25) is 4.79 Å². The maximum Gasteiger partial charge on any atom is 0.261 e. The maximum absolute atomic E-state index is 13.1. The molecule has 1 saturated heterocycles. The van der Waals surface area contributed by atoms with Crippen molar-refractivity contribution in [2.45, 2.75) is 37.8 Å². The molecule has 1 aliphatic carbocycles. The van der Waals surface area contributed by atoms with E-state index < -0.39 is 0 Å². The van der Waals surface area contributed by atoms with Crippen LogP contribution in [0.25, 0.3) is 0 Å². The topological polar surface area (TPSA) is 48.0 Å². The average molecular weight is 305 g/mol. The minimum absolute atomic E-state index is 0.0190. The predicted octanol–water partition coefficient (Wildman–Crippen LogP) is 2.49. The molecule has 1 heterocycles. The van der Waals surface area contributed by atoms with Gasteiger partial charge in [0.2, 0.25) is 0 Å². The van der Waals surface area contributed by atoms with Crippen molar-refractivity contribution in [2.24, 2.45) is 0 Å². The Morgan fingerprint density at radius 1 is 1.18 bits per heavy atom. The number of amides is 1. The SMILES string of the molecule is COc1cccc(OC)c1C(=O)N1CCO[C@@H]2CCCC[C@@H]21. The van der Waals surface area contributed by atoms with E-state index in [2.05, 4.69) is 0 Å². The van der Waals surface area contributed by atoms with Crippen molar-refractivity contribution >= 4 is 5.91 Å². The molecule has 0 spiro atoms. The molecule has 1 saturated carbocycles. The highest BCUT2D eigenvalue weighted by Crippen LogP contribution is 2.34. The van der Waals surface area contributed by atoms with E-state index in [-0.39, 0.29) is 18.1 Å². The molecule has 2 fully saturated rings. The molecule has 1 amide bonds. The Balaban J connectivity index is 1.93.